The van der Waals surface area contributed by atoms with E-state index in [1.807, 2.05) is 52.0 Å². The molecule has 0 unspecified atom stereocenters. The zero-order chi connectivity index (χ0) is 29.3. The second kappa shape index (κ2) is 13.8. The van der Waals surface area contributed by atoms with E-state index in [2.05, 4.69) is 5.32 Å². The lowest BCUT2D eigenvalue weighted by molar-refractivity contribution is -0.160. The number of rotatable bonds is 11. The normalized spacial score (nSPS) is 13.8. The molecule has 0 fully saturated rings. The molecular weight excluding hydrogens is 486 g/mol. The van der Waals surface area contributed by atoms with Gasteiger partial charge in [0.1, 0.15) is 28.6 Å². The van der Waals surface area contributed by atoms with Crippen molar-refractivity contribution in [3.63, 3.8) is 0 Å². The first kappa shape index (κ1) is 33.2. The number of hydrogen-bond acceptors (Lipinski definition) is 7. The molecular formula is C29H49N3O6. The average Bonchev–Trinajstić information content (AvgIpc) is 2.73. The standard InChI is InChI=1S/C29H49N3O6/c1-11-16-32(19-21(18-30)24(33)37-28(5,6)7)26(35)31-23(25(34)38-29(8,9)10)17-20-12-14-22(15-13-20)36-27(2,3)4/h12-15,21,23H,11,16-19,30H2,1-10H3,(H,31,35)/t21-,23+/m1/s1. The minimum atomic E-state index is -0.937. The molecule has 9 nitrogen and oxygen atoms in total. The van der Waals surface area contributed by atoms with Gasteiger partial charge in [-0.25, -0.2) is 9.59 Å². The summed E-state index contributed by atoms with van der Waals surface area (Å²) in [5, 5.41) is 2.83. The second-order valence-electron chi connectivity index (χ2n) is 12.5. The van der Waals surface area contributed by atoms with Gasteiger partial charge in [0.25, 0.3) is 0 Å². The third-order valence-corrected chi connectivity index (χ3v) is 5.02. The summed E-state index contributed by atoms with van der Waals surface area (Å²) in [5.41, 5.74) is 4.96. The molecule has 1 rings (SSSR count). The smallest absolute Gasteiger partial charge is 0.329 e. The van der Waals surface area contributed by atoms with Crippen LogP contribution in [0.15, 0.2) is 24.3 Å². The monoisotopic (exact) mass is 535 g/mol. The Morgan fingerprint density at radius 2 is 1.39 bits per heavy atom. The fourth-order valence-corrected chi connectivity index (χ4v) is 3.53. The van der Waals surface area contributed by atoms with Crippen LogP contribution in [-0.4, -0.2) is 65.3 Å². The van der Waals surface area contributed by atoms with Crippen LogP contribution in [0.1, 0.15) is 81.2 Å². The summed E-state index contributed by atoms with van der Waals surface area (Å²) in [5.74, 6) is -0.986. The van der Waals surface area contributed by atoms with Crippen LogP contribution < -0.4 is 15.8 Å². The van der Waals surface area contributed by atoms with Gasteiger partial charge in [0.05, 0.1) is 5.92 Å². The predicted octanol–water partition coefficient (Wildman–Crippen LogP) is 4.45. The van der Waals surface area contributed by atoms with Gasteiger partial charge in [0.15, 0.2) is 0 Å². The van der Waals surface area contributed by atoms with Gasteiger partial charge in [-0.1, -0.05) is 19.1 Å². The number of esters is 2. The van der Waals surface area contributed by atoms with E-state index in [4.69, 9.17) is 19.9 Å². The molecule has 0 radical (unpaired) electrons. The Balaban J connectivity index is 3.11. The van der Waals surface area contributed by atoms with Crippen molar-refractivity contribution in [3.05, 3.63) is 29.8 Å². The number of benzene rings is 1. The van der Waals surface area contributed by atoms with E-state index in [1.54, 1.807) is 41.5 Å². The Kier molecular flexibility index (Phi) is 12.1. The quantitative estimate of drug-likeness (QED) is 0.402. The maximum atomic E-state index is 13.4. The third kappa shape index (κ3) is 13.1. The number of urea groups is 1. The van der Waals surface area contributed by atoms with Gasteiger partial charge >= 0.3 is 18.0 Å². The molecule has 216 valence electrons. The Morgan fingerprint density at radius 3 is 1.84 bits per heavy atom. The van der Waals surface area contributed by atoms with Crippen LogP contribution in [0, 0.1) is 5.92 Å². The molecule has 0 spiro atoms. The molecule has 0 aliphatic carbocycles. The summed E-state index contributed by atoms with van der Waals surface area (Å²) in [7, 11) is 0. The fourth-order valence-electron chi connectivity index (χ4n) is 3.53. The van der Waals surface area contributed by atoms with Crippen LogP contribution in [0.4, 0.5) is 4.79 Å². The summed E-state index contributed by atoms with van der Waals surface area (Å²) in [6.07, 6.45) is 0.883. The van der Waals surface area contributed by atoms with Gasteiger partial charge in [-0.15, -0.1) is 0 Å². The lowest BCUT2D eigenvalue weighted by atomic mass is 10.0. The van der Waals surface area contributed by atoms with E-state index in [1.165, 1.54) is 4.90 Å². The highest BCUT2D eigenvalue weighted by molar-refractivity contribution is 5.84. The predicted molar refractivity (Wildman–Crippen MR) is 149 cm³/mol. The first-order chi connectivity index (χ1) is 17.3. The molecule has 9 heteroatoms. The molecule has 1 aromatic rings. The summed E-state index contributed by atoms with van der Waals surface area (Å²) in [6.45, 7) is 19.0. The molecule has 0 heterocycles. The minimum Gasteiger partial charge on any atom is -0.488 e. The topological polar surface area (TPSA) is 120 Å². The Morgan fingerprint density at radius 1 is 0.868 bits per heavy atom. The number of ether oxygens (including phenoxy) is 3. The Bertz CT molecular complexity index is 910. The van der Waals surface area contributed by atoms with Gasteiger partial charge < -0.3 is 30.2 Å². The Hall–Kier alpha value is -2.81. The van der Waals surface area contributed by atoms with Crippen molar-refractivity contribution in [1.29, 1.82) is 0 Å². The van der Waals surface area contributed by atoms with Crippen molar-refractivity contribution in [2.75, 3.05) is 19.6 Å². The lowest BCUT2D eigenvalue weighted by Gasteiger charge is -2.30. The van der Waals surface area contributed by atoms with Crippen molar-refractivity contribution in [2.24, 2.45) is 11.7 Å². The first-order valence-electron chi connectivity index (χ1n) is 13.3. The summed E-state index contributed by atoms with van der Waals surface area (Å²) < 4.78 is 17.0. The molecule has 0 saturated carbocycles. The van der Waals surface area contributed by atoms with E-state index in [9.17, 15) is 14.4 Å². The number of hydrogen-bond donors (Lipinski definition) is 2. The third-order valence-electron chi connectivity index (χ3n) is 5.02. The molecule has 38 heavy (non-hydrogen) atoms. The van der Waals surface area contributed by atoms with Crippen molar-refractivity contribution in [2.45, 2.75) is 105 Å². The molecule has 0 bridgehead atoms. The summed E-state index contributed by atoms with van der Waals surface area (Å²) in [4.78, 5) is 40.6. The van der Waals surface area contributed by atoms with Gasteiger partial charge in [-0.3, -0.25) is 4.79 Å². The van der Waals surface area contributed by atoms with Crippen LogP contribution in [0.3, 0.4) is 0 Å². The average molecular weight is 536 g/mol. The van der Waals surface area contributed by atoms with E-state index in [-0.39, 0.29) is 25.1 Å². The number of carbonyl (C=O) groups excluding carboxylic acids is 3. The number of nitrogens with zero attached hydrogens (tertiary/aromatic N) is 1. The highest BCUT2D eigenvalue weighted by Gasteiger charge is 2.31. The van der Waals surface area contributed by atoms with Crippen molar-refractivity contribution >= 4 is 18.0 Å². The lowest BCUT2D eigenvalue weighted by Crippen LogP contribution is -2.52. The maximum absolute atomic E-state index is 13.4. The van der Waals surface area contributed by atoms with Gasteiger partial charge in [0, 0.05) is 26.1 Å². The molecule has 0 aliphatic rings. The highest BCUT2D eigenvalue weighted by Crippen LogP contribution is 2.20. The minimum absolute atomic E-state index is 0.0287. The molecule has 0 saturated heterocycles. The largest absolute Gasteiger partial charge is 0.488 e. The molecule has 3 N–H and O–H groups in total. The van der Waals surface area contributed by atoms with E-state index >= 15 is 0 Å². The number of amides is 2. The Labute approximate surface area is 228 Å². The number of carbonyl (C=O) groups is 3. The van der Waals surface area contributed by atoms with E-state index in [0.29, 0.717) is 18.7 Å². The molecule has 0 aromatic heterocycles. The van der Waals surface area contributed by atoms with Crippen molar-refractivity contribution < 1.29 is 28.6 Å². The zero-order valence-corrected chi connectivity index (χ0v) is 25.0. The second-order valence-corrected chi connectivity index (χ2v) is 12.5. The van der Waals surface area contributed by atoms with Crippen molar-refractivity contribution in [1.82, 2.24) is 10.2 Å². The van der Waals surface area contributed by atoms with Crippen LogP contribution >= 0.6 is 0 Å². The van der Waals surface area contributed by atoms with E-state index in [0.717, 1.165) is 5.56 Å². The number of nitrogens with one attached hydrogen (secondary N) is 1. The van der Waals surface area contributed by atoms with Gasteiger partial charge in [0.2, 0.25) is 0 Å². The molecule has 2 amide bonds. The molecule has 0 aliphatic heterocycles. The van der Waals surface area contributed by atoms with E-state index < -0.39 is 41.1 Å². The van der Waals surface area contributed by atoms with Crippen LogP contribution in [0.25, 0.3) is 0 Å². The van der Waals surface area contributed by atoms with Crippen LogP contribution in [0.5, 0.6) is 5.75 Å². The number of nitrogens with two attached hydrogens (primary N) is 1. The van der Waals surface area contributed by atoms with Crippen molar-refractivity contribution in [3.8, 4) is 5.75 Å². The highest BCUT2D eigenvalue weighted by atomic mass is 16.6. The van der Waals surface area contributed by atoms with Gasteiger partial charge in [-0.05, 0) is 86.4 Å². The maximum Gasteiger partial charge on any atom is 0.329 e. The summed E-state index contributed by atoms with van der Waals surface area (Å²) in [6, 6.07) is 5.99. The first-order valence-corrected chi connectivity index (χ1v) is 13.3. The van der Waals surface area contributed by atoms with Gasteiger partial charge in [-0.2, -0.15) is 0 Å². The van der Waals surface area contributed by atoms with Crippen LogP contribution in [-0.2, 0) is 25.5 Å². The fraction of sp³-hybridized carbons (Fsp3) is 0.690. The molecule has 2 atom stereocenters. The SMILES string of the molecule is CCCN(C[C@@H](CN)C(=O)OC(C)(C)C)C(=O)N[C@@H](Cc1ccc(OC(C)(C)C)cc1)C(=O)OC(C)(C)C. The van der Waals surface area contributed by atoms with Crippen LogP contribution in [0.2, 0.25) is 0 Å². The molecule has 1 aromatic carbocycles. The zero-order valence-electron chi connectivity index (χ0n) is 25.0. The summed E-state index contributed by atoms with van der Waals surface area (Å²) >= 11 is 0.